The van der Waals surface area contributed by atoms with Crippen LogP contribution < -0.4 is 10.9 Å². The average molecular weight is 358 g/mol. The summed E-state index contributed by atoms with van der Waals surface area (Å²) >= 11 is 0. The normalized spacial score (nSPS) is 12.0. The Bertz CT molecular complexity index is 1160. The van der Waals surface area contributed by atoms with Crippen LogP contribution in [0.3, 0.4) is 0 Å². The quantitative estimate of drug-likeness (QED) is 0.589. The topological polar surface area (TPSA) is 79.8 Å². The molecule has 2 N–H and O–H groups in total. The Kier molecular flexibility index (Phi) is 4.30. The Morgan fingerprint density at radius 1 is 1.04 bits per heavy atom. The Morgan fingerprint density at radius 3 is 2.59 bits per heavy atom. The number of nitrogens with one attached hydrogen (secondary N) is 2. The molecule has 4 rings (SSSR count). The Morgan fingerprint density at radius 2 is 1.85 bits per heavy atom. The van der Waals surface area contributed by atoms with E-state index in [0.29, 0.717) is 16.5 Å². The van der Waals surface area contributed by atoms with Gasteiger partial charge in [0.1, 0.15) is 0 Å². The van der Waals surface area contributed by atoms with Crippen molar-refractivity contribution in [1.29, 1.82) is 0 Å². The molecule has 2 heterocycles. The number of fused-ring (bicyclic) bond motifs is 1. The SMILES string of the molecule is Cn1nccc1C(NC(=O)c1cccc2[nH]c(=O)ccc12)c1ccccc1. The first-order valence-electron chi connectivity index (χ1n) is 8.59. The number of amides is 1. The van der Waals surface area contributed by atoms with Crippen molar-refractivity contribution in [2.75, 3.05) is 0 Å². The number of nitrogens with zero attached hydrogens (tertiary/aromatic N) is 2. The summed E-state index contributed by atoms with van der Waals surface area (Å²) in [6.45, 7) is 0. The van der Waals surface area contributed by atoms with Crippen LogP contribution in [0.15, 0.2) is 77.7 Å². The van der Waals surface area contributed by atoms with E-state index in [2.05, 4.69) is 15.4 Å². The Balaban J connectivity index is 1.75. The number of hydrogen-bond donors (Lipinski definition) is 2. The molecule has 6 heteroatoms. The summed E-state index contributed by atoms with van der Waals surface area (Å²) in [5, 5.41) is 8.04. The minimum atomic E-state index is -0.343. The highest BCUT2D eigenvalue weighted by Gasteiger charge is 2.21. The third kappa shape index (κ3) is 3.25. The number of carbonyl (C=O) groups is 1. The molecule has 0 bridgehead atoms. The number of aromatic nitrogens is 3. The standard InChI is InChI=1S/C21H18N4O2/c1-25-18(12-13-22-25)20(14-6-3-2-4-7-14)24-21(27)16-8-5-9-17-15(16)10-11-19(26)23-17/h2-13,20H,1H3,(H,23,26)(H,24,27). The number of aryl methyl sites for hydroxylation is 1. The second kappa shape index (κ2) is 6.92. The van der Waals surface area contributed by atoms with Crippen LogP contribution >= 0.6 is 0 Å². The zero-order valence-corrected chi connectivity index (χ0v) is 14.7. The molecule has 0 radical (unpaired) electrons. The number of H-pyrrole nitrogens is 1. The minimum Gasteiger partial charge on any atom is -0.340 e. The largest absolute Gasteiger partial charge is 0.340 e. The molecule has 2 aromatic carbocycles. The summed E-state index contributed by atoms with van der Waals surface area (Å²) in [4.78, 5) is 27.4. The van der Waals surface area contributed by atoms with Crippen LogP contribution in [0.25, 0.3) is 10.9 Å². The van der Waals surface area contributed by atoms with Crippen LogP contribution in [0.4, 0.5) is 0 Å². The summed E-state index contributed by atoms with van der Waals surface area (Å²) in [5.41, 5.74) is 2.78. The van der Waals surface area contributed by atoms with Gasteiger partial charge in [0.25, 0.3) is 5.91 Å². The zero-order valence-electron chi connectivity index (χ0n) is 14.7. The fraction of sp³-hybridized carbons (Fsp3) is 0.0952. The predicted octanol–water partition coefficient (Wildman–Crippen LogP) is 2.78. The van der Waals surface area contributed by atoms with Crippen molar-refractivity contribution < 1.29 is 4.79 Å². The lowest BCUT2D eigenvalue weighted by molar-refractivity contribution is 0.0943. The molecule has 0 aliphatic carbocycles. The van der Waals surface area contributed by atoms with Crippen LogP contribution in [0, 0.1) is 0 Å². The summed E-state index contributed by atoms with van der Waals surface area (Å²) in [7, 11) is 1.85. The summed E-state index contributed by atoms with van der Waals surface area (Å²) < 4.78 is 1.75. The summed E-state index contributed by atoms with van der Waals surface area (Å²) in [6, 6.07) is 19.7. The van der Waals surface area contributed by atoms with E-state index in [1.54, 1.807) is 35.1 Å². The molecule has 1 amide bonds. The molecule has 0 fully saturated rings. The molecule has 0 aliphatic heterocycles. The van der Waals surface area contributed by atoms with Crippen molar-refractivity contribution in [2.45, 2.75) is 6.04 Å². The molecule has 2 aromatic heterocycles. The fourth-order valence-corrected chi connectivity index (χ4v) is 3.23. The van der Waals surface area contributed by atoms with Gasteiger partial charge in [0.05, 0.1) is 11.7 Å². The molecule has 6 nitrogen and oxygen atoms in total. The number of pyridine rings is 1. The van der Waals surface area contributed by atoms with E-state index >= 15 is 0 Å². The number of rotatable bonds is 4. The number of hydrogen-bond acceptors (Lipinski definition) is 3. The second-order valence-corrected chi connectivity index (χ2v) is 6.29. The van der Waals surface area contributed by atoms with Crippen LogP contribution in [0.1, 0.15) is 27.7 Å². The Hall–Kier alpha value is -3.67. The van der Waals surface area contributed by atoms with E-state index in [-0.39, 0.29) is 17.5 Å². The van der Waals surface area contributed by atoms with Crippen molar-refractivity contribution in [3.8, 4) is 0 Å². The number of carbonyl (C=O) groups excluding carboxylic acids is 1. The van der Waals surface area contributed by atoms with Gasteiger partial charge in [0.2, 0.25) is 5.56 Å². The zero-order chi connectivity index (χ0) is 18.8. The maximum Gasteiger partial charge on any atom is 0.252 e. The van der Waals surface area contributed by atoms with Crippen molar-refractivity contribution >= 4 is 16.8 Å². The predicted molar refractivity (Wildman–Crippen MR) is 104 cm³/mol. The highest BCUT2D eigenvalue weighted by Crippen LogP contribution is 2.23. The molecule has 4 aromatic rings. The van der Waals surface area contributed by atoms with Gasteiger partial charge >= 0.3 is 0 Å². The molecule has 27 heavy (non-hydrogen) atoms. The van der Waals surface area contributed by atoms with Crippen molar-refractivity contribution in [2.24, 2.45) is 7.05 Å². The molecule has 0 spiro atoms. The lowest BCUT2D eigenvalue weighted by Gasteiger charge is -2.20. The van der Waals surface area contributed by atoms with E-state index in [1.165, 1.54) is 6.07 Å². The van der Waals surface area contributed by atoms with Gasteiger partial charge in [-0.15, -0.1) is 0 Å². The molecule has 0 saturated heterocycles. The smallest absolute Gasteiger partial charge is 0.252 e. The first kappa shape index (κ1) is 16.8. The number of benzene rings is 2. The van der Waals surface area contributed by atoms with Gasteiger partial charge in [-0.2, -0.15) is 5.10 Å². The molecule has 1 unspecified atom stereocenters. The van der Waals surface area contributed by atoms with Gasteiger partial charge in [-0.3, -0.25) is 14.3 Å². The van der Waals surface area contributed by atoms with Crippen LogP contribution in [0.5, 0.6) is 0 Å². The Labute approximate surface area is 155 Å². The first-order valence-corrected chi connectivity index (χ1v) is 8.59. The lowest BCUT2D eigenvalue weighted by atomic mass is 10.0. The van der Waals surface area contributed by atoms with Gasteiger partial charge in [-0.1, -0.05) is 36.4 Å². The molecule has 1 atom stereocenters. The van der Waals surface area contributed by atoms with E-state index in [0.717, 1.165) is 11.3 Å². The number of aromatic amines is 1. The monoisotopic (exact) mass is 358 g/mol. The molecule has 0 aliphatic rings. The maximum atomic E-state index is 13.1. The van der Waals surface area contributed by atoms with Gasteiger partial charge in [0, 0.05) is 35.8 Å². The highest BCUT2D eigenvalue weighted by molar-refractivity contribution is 6.06. The van der Waals surface area contributed by atoms with Gasteiger partial charge in [-0.25, -0.2) is 0 Å². The molecule has 0 saturated carbocycles. The van der Waals surface area contributed by atoms with Gasteiger partial charge in [-0.05, 0) is 29.8 Å². The first-order chi connectivity index (χ1) is 13.1. The summed E-state index contributed by atoms with van der Waals surface area (Å²) in [5.74, 6) is -0.220. The van der Waals surface area contributed by atoms with Gasteiger partial charge in [0.15, 0.2) is 0 Å². The second-order valence-electron chi connectivity index (χ2n) is 6.29. The highest BCUT2D eigenvalue weighted by atomic mass is 16.1. The van der Waals surface area contributed by atoms with Crippen LogP contribution in [-0.2, 0) is 7.05 Å². The third-order valence-corrected chi connectivity index (χ3v) is 4.57. The van der Waals surface area contributed by atoms with E-state index in [1.807, 2.05) is 43.4 Å². The van der Waals surface area contributed by atoms with Crippen molar-refractivity contribution in [3.63, 3.8) is 0 Å². The summed E-state index contributed by atoms with van der Waals surface area (Å²) in [6.07, 6.45) is 1.71. The lowest BCUT2D eigenvalue weighted by Crippen LogP contribution is -2.31. The molecular formula is C21H18N4O2. The van der Waals surface area contributed by atoms with E-state index in [4.69, 9.17) is 0 Å². The minimum absolute atomic E-state index is 0.197. The van der Waals surface area contributed by atoms with Crippen LogP contribution in [-0.4, -0.2) is 20.7 Å². The average Bonchev–Trinajstić information content (AvgIpc) is 3.11. The van der Waals surface area contributed by atoms with Gasteiger partial charge < -0.3 is 10.3 Å². The van der Waals surface area contributed by atoms with E-state index < -0.39 is 0 Å². The maximum absolute atomic E-state index is 13.1. The van der Waals surface area contributed by atoms with Crippen molar-refractivity contribution in [1.82, 2.24) is 20.1 Å². The van der Waals surface area contributed by atoms with E-state index in [9.17, 15) is 9.59 Å². The van der Waals surface area contributed by atoms with Crippen molar-refractivity contribution in [3.05, 3.63) is 100 Å². The molecule has 134 valence electrons. The van der Waals surface area contributed by atoms with Crippen LogP contribution in [0.2, 0.25) is 0 Å². The molecular weight excluding hydrogens is 340 g/mol. The third-order valence-electron chi connectivity index (χ3n) is 4.57. The fourth-order valence-electron chi connectivity index (χ4n) is 3.23.